The van der Waals surface area contributed by atoms with Crippen LogP contribution in [0.5, 0.6) is 0 Å². The van der Waals surface area contributed by atoms with Gasteiger partial charge in [0, 0.05) is 6.61 Å². The second kappa shape index (κ2) is 20.4. The van der Waals surface area contributed by atoms with Crippen molar-refractivity contribution in [1.82, 2.24) is 0 Å². The molecule has 0 fully saturated rings. The molecule has 0 heterocycles. The van der Waals surface area contributed by atoms with Gasteiger partial charge in [0.1, 0.15) is 0 Å². The highest BCUT2D eigenvalue weighted by molar-refractivity contribution is 5.72. The molecule has 0 aliphatic rings. The Morgan fingerprint density at radius 2 is 1.26 bits per heavy atom. The fourth-order valence-electron chi connectivity index (χ4n) is 2.32. The van der Waals surface area contributed by atoms with Gasteiger partial charge in [0.2, 0.25) is 0 Å². The molecular formula is C24H38O3. The summed E-state index contributed by atoms with van der Waals surface area (Å²) in [5, 5.41) is 8.87. The molecule has 1 N–H and O–H groups in total. The van der Waals surface area contributed by atoms with E-state index < -0.39 is 12.1 Å². The van der Waals surface area contributed by atoms with Gasteiger partial charge in [0.15, 0.2) is 6.10 Å². The van der Waals surface area contributed by atoms with E-state index in [2.05, 4.69) is 67.7 Å². The van der Waals surface area contributed by atoms with Crippen molar-refractivity contribution in [2.75, 3.05) is 6.61 Å². The first-order chi connectivity index (χ1) is 13.2. The van der Waals surface area contributed by atoms with Gasteiger partial charge in [-0.15, -0.1) is 0 Å². The van der Waals surface area contributed by atoms with Crippen LogP contribution in [0.1, 0.15) is 71.6 Å². The lowest BCUT2D eigenvalue weighted by Crippen LogP contribution is -2.23. The molecule has 0 rings (SSSR count). The third-order valence-electron chi connectivity index (χ3n) is 3.89. The van der Waals surface area contributed by atoms with Crippen molar-refractivity contribution in [3.05, 3.63) is 60.8 Å². The molecule has 0 spiro atoms. The third-order valence-corrected chi connectivity index (χ3v) is 3.89. The minimum absolute atomic E-state index is 0.518. The van der Waals surface area contributed by atoms with Crippen LogP contribution in [0.25, 0.3) is 0 Å². The first kappa shape index (κ1) is 25.1. The van der Waals surface area contributed by atoms with Crippen LogP contribution in [0.2, 0.25) is 0 Å². The number of unbranched alkanes of at least 4 members (excludes halogenated alkanes) is 2. The summed E-state index contributed by atoms with van der Waals surface area (Å²) < 4.78 is 5.33. The summed E-state index contributed by atoms with van der Waals surface area (Å²) in [6, 6.07) is 0. The summed E-state index contributed by atoms with van der Waals surface area (Å²) in [5.74, 6) is -0.865. The van der Waals surface area contributed by atoms with E-state index in [0.717, 1.165) is 51.4 Å². The summed E-state index contributed by atoms with van der Waals surface area (Å²) in [7, 11) is 0. The van der Waals surface area contributed by atoms with Gasteiger partial charge in [-0.05, 0) is 57.8 Å². The fraction of sp³-hybridized carbons (Fsp3) is 0.542. The van der Waals surface area contributed by atoms with Crippen LogP contribution < -0.4 is 0 Å². The number of ether oxygens (including phenoxy) is 1. The van der Waals surface area contributed by atoms with Crippen LogP contribution in [0.15, 0.2) is 60.8 Å². The lowest BCUT2D eigenvalue weighted by molar-refractivity contribution is -0.150. The zero-order chi connectivity index (χ0) is 20.0. The predicted octanol–water partition coefficient (Wildman–Crippen LogP) is 6.79. The standard InChI is InChI=1S/C24H38O3/c1-3-5-6-7-8-9-10-11-12-13-14-15-16-17-18-19-20-21-22-27-23(4-2)24(25)26/h5-6,8-9,11-12,14-15,17-18,23H,3-4,7,10,13,16,19-22H2,1-2H3,(H,25,26)/b6-5-,9-8?,12-11?,15-14-,18-17-/t23-/m1/s1. The van der Waals surface area contributed by atoms with Crippen molar-refractivity contribution >= 4 is 5.97 Å². The van der Waals surface area contributed by atoms with Gasteiger partial charge in [0.05, 0.1) is 0 Å². The molecule has 0 aromatic carbocycles. The van der Waals surface area contributed by atoms with Crippen molar-refractivity contribution in [2.45, 2.75) is 77.7 Å². The lowest BCUT2D eigenvalue weighted by atomic mass is 10.2. The highest BCUT2D eigenvalue weighted by Gasteiger charge is 2.14. The molecule has 0 radical (unpaired) electrons. The topological polar surface area (TPSA) is 46.5 Å². The van der Waals surface area contributed by atoms with Gasteiger partial charge >= 0.3 is 5.97 Å². The predicted molar refractivity (Wildman–Crippen MR) is 116 cm³/mol. The lowest BCUT2D eigenvalue weighted by Gasteiger charge is -2.10. The van der Waals surface area contributed by atoms with E-state index in [9.17, 15) is 4.79 Å². The van der Waals surface area contributed by atoms with Crippen LogP contribution in [-0.4, -0.2) is 23.8 Å². The first-order valence-corrected chi connectivity index (χ1v) is 10.3. The zero-order valence-electron chi connectivity index (χ0n) is 17.2. The maximum Gasteiger partial charge on any atom is 0.332 e. The average Bonchev–Trinajstić information content (AvgIpc) is 2.66. The summed E-state index contributed by atoms with van der Waals surface area (Å²) in [5.41, 5.74) is 0. The molecule has 1 atom stereocenters. The van der Waals surface area contributed by atoms with Crippen LogP contribution in [0, 0.1) is 0 Å². The second-order valence-corrected chi connectivity index (χ2v) is 6.31. The minimum Gasteiger partial charge on any atom is -0.479 e. The van der Waals surface area contributed by atoms with Crippen molar-refractivity contribution in [1.29, 1.82) is 0 Å². The van der Waals surface area contributed by atoms with Gasteiger partial charge in [0.25, 0.3) is 0 Å². The van der Waals surface area contributed by atoms with Crippen molar-refractivity contribution in [3.8, 4) is 0 Å². The highest BCUT2D eigenvalue weighted by atomic mass is 16.5. The van der Waals surface area contributed by atoms with Gasteiger partial charge in [-0.25, -0.2) is 4.79 Å². The minimum atomic E-state index is -0.865. The number of hydrogen-bond acceptors (Lipinski definition) is 2. The molecule has 0 aromatic heterocycles. The van der Waals surface area contributed by atoms with Crippen LogP contribution in [0.4, 0.5) is 0 Å². The SMILES string of the molecule is CC/C=C\CC=CCC=CC/C=C\C/C=C\CCCCO[C@H](CC)C(=O)O. The summed E-state index contributed by atoms with van der Waals surface area (Å²) in [6.45, 7) is 4.50. The van der Waals surface area contributed by atoms with Gasteiger partial charge in [-0.1, -0.05) is 74.6 Å². The van der Waals surface area contributed by atoms with Crippen molar-refractivity contribution < 1.29 is 14.6 Å². The number of carboxylic acids is 1. The van der Waals surface area contributed by atoms with Crippen LogP contribution >= 0.6 is 0 Å². The molecule has 0 aliphatic heterocycles. The van der Waals surface area contributed by atoms with Crippen LogP contribution in [0.3, 0.4) is 0 Å². The number of hydrogen-bond donors (Lipinski definition) is 1. The molecule has 0 saturated heterocycles. The quantitative estimate of drug-likeness (QED) is 0.225. The summed E-state index contributed by atoms with van der Waals surface area (Å²) in [4.78, 5) is 10.8. The van der Waals surface area contributed by atoms with E-state index in [4.69, 9.17) is 9.84 Å². The normalized spacial score (nSPS) is 13.9. The third kappa shape index (κ3) is 18.7. The van der Waals surface area contributed by atoms with E-state index >= 15 is 0 Å². The second-order valence-electron chi connectivity index (χ2n) is 6.31. The molecule has 152 valence electrons. The van der Waals surface area contributed by atoms with Gasteiger partial charge < -0.3 is 9.84 Å². The van der Waals surface area contributed by atoms with E-state index in [-0.39, 0.29) is 0 Å². The molecule has 3 nitrogen and oxygen atoms in total. The molecule has 0 aliphatic carbocycles. The Labute approximate surface area is 166 Å². The number of carbonyl (C=O) groups is 1. The molecule has 3 heteroatoms. The van der Waals surface area contributed by atoms with E-state index in [1.807, 2.05) is 6.92 Å². The Morgan fingerprint density at radius 3 is 1.70 bits per heavy atom. The van der Waals surface area contributed by atoms with Crippen LogP contribution in [-0.2, 0) is 9.53 Å². The number of allylic oxidation sites excluding steroid dienone is 10. The largest absolute Gasteiger partial charge is 0.479 e. The molecule has 0 amide bonds. The number of rotatable bonds is 17. The monoisotopic (exact) mass is 374 g/mol. The first-order valence-electron chi connectivity index (χ1n) is 10.3. The zero-order valence-corrected chi connectivity index (χ0v) is 17.2. The Balaban J connectivity index is 3.51. The van der Waals surface area contributed by atoms with Crippen molar-refractivity contribution in [3.63, 3.8) is 0 Å². The Bertz CT molecular complexity index is 484. The number of aliphatic carboxylic acids is 1. The average molecular weight is 375 g/mol. The summed E-state index contributed by atoms with van der Waals surface area (Å²) in [6.07, 6.45) is 29.9. The molecule has 0 saturated carbocycles. The highest BCUT2D eigenvalue weighted by Crippen LogP contribution is 2.03. The molecule has 27 heavy (non-hydrogen) atoms. The fourth-order valence-corrected chi connectivity index (χ4v) is 2.32. The van der Waals surface area contributed by atoms with Gasteiger partial charge in [-0.3, -0.25) is 0 Å². The molecule has 0 bridgehead atoms. The smallest absolute Gasteiger partial charge is 0.332 e. The van der Waals surface area contributed by atoms with E-state index in [0.29, 0.717) is 13.0 Å². The number of carboxylic acid groups (broad SMARTS) is 1. The molecule has 0 unspecified atom stereocenters. The Kier molecular flexibility index (Phi) is 19.0. The molecule has 0 aromatic rings. The summed E-state index contributed by atoms with van der Waals surface area (Å²) >= 11 is 0. The Morgan fingerprint density at radius 1 is 0.778 bits per heavy atom. The maximum absolute atomic E-state index is 10.8. The van der Waals surface area contributed by atoms with E-state index in [1.54, 1.807) is 0 Å². The van der Waals surface area contributed by atoms with Crippen molar-refractivity contribution in [2.24, 2.45) is 0 Å². The maximum atomic E-state index is 10.8. The van der Waals surface area contributed by atoms with Gasteiger partial charge in [-0.2, -0.15) is 0 Å². The Hall–Kier alpha value is -1.87. The molecular weight excluding hydrogens is 336 g/mol. The van der Waals surface area contributed by atoms with E-state index in [1.165, 1.54) is 0 Å².